The van der Waals surface area contributed by atoms with E-state index in [4.69, 9.17) is 4.74 Å². The van der Waals surface area contributed by atoms with Crippen LogP contribution < -0.4 is 21.1 Å². The quantitative estimate of drug-likeness (QED) is 0.759. The van der Waals surface area contributed by atoms with Crippen molar-refractivity contribution in [2.45, 2.75) is 34.1 Å². The van der Waals surface area contributed by atoms with Crippen LogP contribution >= 0.6 is 0 Å². The number of hydrogen-bond donors (Lipinski definition) is 2. The first-order chi connectivity index (χ1) is 14.6. The number of pyridine rings is 1. The van der Waals surface area contributed by atoms with Gasteiger partial charge in [-0.15, -0.1) is 0 Å². The Morgan fingerprint density at radius 3 is 2.61 bits per heavy atom. The molecular weight excluding hydrogens is 396 g/mol. The highest BCUT2D eigenvalue weighted by molar-refractivity contribution is 5.90. The summed E-state index contributed by atoms with van der Waals surface area (Å²) in [5, 5.41) is 10.1. The number of morpholine rings is 1. The van der Waals surface area contributed by atoms with Crippen LogP contribution in [-0.4, -0.2) is 53.6 Å². The third kappa shape index (κ3) is 6.04. The molecule has 2 amide bonds. The summed E-state index contributed by atoms with van der Waals surface area (Å²) >= 11 is 0. The number of carbonyl (C=O) groups excluding carboxylic acids is 1. The van der Waals surface area contributed by atoms with Crippen LogP contribution in [0.1, 0.15) is 32.9 Å². The molecule has 0 bridgehead atoms. The van der Waals surface area contributed by atoms with Crippen molar-refractivity contribution >= 4 is 17.4 Å². The molecule has 0 atom stereocenters. The summed E-state index contributed by atoms with van der Waals surface area (Å²) in [4.78, 5) is 31.4. The van der Waals surface area contributed by atoms with Crippen molar-refractivity contribution in [3.05, 3.63) is 34.4 Å². The minimum atomic E-state index is -0.275. The van der Waals surface area contributed by atoms with Gasteiger partial charge in [-0.05, 0) is 30.9 Å². The molecule has 1 aliphatic heterocycles. The van der Waals surface area contributed by atoms with Crippen molar-refractivity contribution in [2.75, 3.05) is 43.1 Å². The molecule has 0 saturated carbocycles. The first-order valence-corrected chi connectivity index (χ1v) is 10.6. The van der Waals surface area contributed by atoms with E-state index < -0.39 is 0 Å². The van der Waals surface area contributed by atoms with Crippen LogP contribution in [0.2, 0.25) is 0 Å². The van der Waals surface area contributed by atoms with E-state index in [0.717, 1.165) is 17.7 Å². The van der Waals surface area contributed by atoms with Crippen molar-refractivity contribution in [2.24, 2.45) is 12.5 Å². The first-order valence-electron chi connectivity index (χ1n) is 10.6. The molecule has 2 aromatic rings. The van der Waals surface area contributed by atoms with Gasteiger partial charge in [0.1, 0.15) is 5.69 Å². The number of anilines is 2. The lowest BCUT2D eigenvalue weighted by atomic mass is 9.92. The summed E-state index contributed by atoms with van der Waals surface area (Å²) in [5.74, 6) is 0. The Bertz CT molecular complexity index is 990. The van der Waals surface area contributed by atoms with Crippen molar-refractivity contribution in [3.8, 4) is 11.3 Å². The summed E-state index contributed by atoms with van der Waals surface area (Å²) in [5.41, 5.74) is 3.31. The number of nitrogens with one attached hydrogen (secondary N) is 2. The van der Waals surface area contributed by atoms with Crippen molar-refractivity contribution in [1.82, 2.24) is 20.1 Å². The molecule has 1 fully saturated rings. The molecule has 9 heteroatoms. The molecule has 0 spiro atoms. The van der Waals surface area contributed by atoms with E-state index in [-0.39, 0.29) is 17.0 Å². The number of urea groups is 1. The van der Waals surface area contributed by atoms with Gasteiger partial charge in [-0.3, -0.25) is 9.78 Å². The van der Waals surface area contributed by atoms with Crippen LogP contribution in [0.15, 0.2) is 23.1 Å². The molecule has 9 nitrogen and oxygen atoms in total. The van der Waals surface area contributed by atoms with Gasteiger partial charge >= 0.3 is 6.03 Å². The fourth-order valence-corrected chi connectivity index (χ4v) is 3.34. The number of ether oxygens (including phenoxy) is 1. The molecule has 0 aliphatic carbocycles. The lowest BCUT2D eigenvalue weighted by Crippen LogP contribution is -2.40. The van der Waals surface area contributed by atoms with Gasteiger partial charge < -0.3 is 20.3 Å². The highest BCUT2D eigenvalue weighted by atomic mass is 16.5. The van der Waals surface area contributed by atoms with Gasteiger partial charge in [0, 0.05) is 37.9 Å². The number of carbonyl (C=O) groups is 1. The number of hydrogen-bond acceptors (Lipinski definition) is 6. The van der Waals surface area contributed by atoms with E-state index in [0.29, 0.717) is 49.9 Å². The SMILES string of the molecule is Cc1ncc(NC(=O)NCCC(C)(C)C)cc1-c1cc(N2CCOCC2)c(=O)n(C)n1. The molecule has 2 N–H and O–H groups in total. The molecule has 0 radical (unpaired) electrons. The zero-order valence-corrected chi connectivity index (χ0v) is 19.0. The first kappa shape index (κ1) is 22.7. The van der Waals surface area contributed by atoms with Gasteiger partial charge in [-0.25, -0.2) is 9.48 Å². The molecule has 0 aromatic carbocycles. The van der Waals surface area contributed by atoms with Crippen LogP contribution in [0.5, 0.6) is 0 Å². The largest absolute Gasteiger partial charge is 0.378 e. The average molecular weight is 429 g/mol. The molecule has 3 heterocycles. The molecule has 0 unspecified atom stereocenters. The summed E-state index contributed by atoms with van der Waals surface area (Å²) in [6.07, 6.45) is 2.50. The monoisotopic (exact) mass is 428 g/mol. The number of aryl methyl sites for hydroxylation is 2. The Morgan fingerprint density at radius 2 is 1.94 bits per heavy atom. The van der Waals surface area contributed by atoms with Gasteiger partial charge in [0.2, 0.25) is 0 Å². The second-order valence-corrected chi connectivity index (χ2v) is 8.99. The topological polar surface area (TPSA) is 101 Å². The van der Waals surface area contributed by atoms with Crippen LogP contribution in [0.4, 0.5) is 16.2 Å². The Kier molecular flexibility index (Phi) is 6.94. The molecule has 31 heavy (non-hydrogen) atoms. The molecule has 3 rings (SSSR count). The number of amides is 2. The maximum Gasteiger partial charge on any atom is 0.319 e. The van der Waals surface area contributed by atoms with Crippen LogP contribution in [-0.2, 0) is 11.8 Å². The number of nitrogens with zero attached hydrogens (tertiary/aromatic N) is 4. The van der Waals surface area contributed by atoms with E-state index in [1.807, 2.05) is 17.9 Å². The van der Waals surface area contributed by atoms with E-state index in [1.165, 1.54) is 4.68 Å². The van der Waals surface area contributed by atoms with Crippen molar-refractivity contribution in [3.63, 3.8) is 0 Å². The van der Waals surface area contributed by atoms with Crippen molar-refractivity contribution in [1.29, 1.82) is 0 Å². The minimum Gasteiger partial charge on any atom is -0.378 e. The minimum absolute atomic E-state index is 0.149. The van der Waals surface area contributed by atoms with Gasteiger partial charge in [0.15, 0.2) is 0 Å². The van der Waals surface area contributed by atoms with Crippen LogP contribution in [0.25, 0.3) is 11.3 Å². The van der Waals surface area contributed by atoms with E-state index in [9.17, 15) is 9.59 Å². The predicted octanol–water partition coefficient (Wildman–Crippen LogP) is 2.55. The summed E-state index contributed by atoms with van der Waals surface area (Å²) < 4.78 is 6.75. The molecule has 1 aliphatic rings. The summed E-state index contributed by atoms with van der Waals surface area (Å²) in [6, 6.07) is 3.36. The van der Waals surface area contributed by atoms with E-state index in [2.05, 4.69) is 41.5 Å². The molecule has 1 saturated heterocycles. The lowest BCUT2D eigenvalue weighted by Gasteiger charge is -2.28. The number of rotatable bonds is 5. The lowest BCUT2D eigenvalue weighted by molar-refractivity contribution is 0.122. The molecule has 168 valence electrons. The predicted molar refractivity (Wildman–Crippen MR) is 122 cm³/mol. The zero-order valence-electron chi connectivity index (χ0n) is 19.0. The van der Waals surface area contributed by atoms with E-state index in [1.54, 1.807) is 19.3 Å². The van der Waals surface area contributed by atoms with Gasteiger partial charge in [0.05, 0.1) is 30.8 Å². The second-order valence-electron chi connectivity index (χ2n) is 8.99. The van der Waals surface area contributed by atoms with Gasteiger partial charge in [0.25, 0.3) is 5.56 Å². The average Bonchev–Trinajstić information content (AvgIpc) is 2.71. The van der Waals surface area contributed by atoms with E-state index >= 15 is 0 Å². The fraction of sp³-hybridized carbons (Fsp3) is 0.545. The maximum atomic E-state index is 12.7. The van der Waals surface area contributed by atoms with Gasteiger partial charge in [-0.1, -0.05) is 20.8 Å². The molecular formula is C22H32N6O3. The Hall–Kier alpha value is -2.94. The number of aromatic nitrogens is 3. The fourth-order valence-electron chi connectivity index (χ4n) is 3.34. The van der Waals surface area contributed by atoms with Gasteiger partial charge in [-0.2, -0.15) is 5.10 Å². The van der Waals surface area contributed by atoms with Crippen molar-refractivity contribution < 1.29 is 9.53 Å². The molecule has 2 aromatic heterocycles. The Morgan fingerprint density at radius 1 is 1.23 bits per heavy atom. The third-order valence-electron chi connectivity index (χ3n) is 5.18. The summed E-state index contributed by atoms with van der Waals surface area (Å²) in [7, 11) is 1.64. The zero-order chi connectivity index (χ0) is 22.6. The standard InChI is InChI=1S/C22H32N6O3/c1-15-17(12-16(14-24-15)25-21(30)23-7-6-22(2,3)4)18-13-19(20(29)27(5)26-18)28-8-10-31-11-9-28/h12-14H,6-11H2,1-5H3,(H2,23,25,30). The highest BCUT2D eigenvalue weighted by Crippen LogP contribution is 2.25. The maximum absolute atomic E-state index is 12.7. The van der Waals surface area contributed by atoms with Crippen LogP contribution in [0.3, 0.4) is 0 Å². The second kappa shape index (κ2) is 9.47. The van der Waals surface area contributed by atoms with Crippen LogP contribution in [0, 0.1) is 12.3 Å². The Labute approximate surface area is 182 Å². The Balaban J connectivity index is 1.82. The summed E-state index contributed by atoms with van der Waals surface area (Å²) in [6.45, 7) is 11.4. The normalized spacial score (nSPS) is 14.4. The smallest absolute Gasteiger partial charge is 0.319 e. The third-order valence-corrected chi connectivity index (χ3v) is 5.18. The highest BCUT2D eigenvalue weighted by Gasteiger charge is 2.19.